The zero-order chi connectivity index (χ0) is 12.3. The van der Waals surface area contributed by atoms with Crippen molar-refractivity contribution in [2.24, 2.45) is 0 Å². The molecule has 0 aromatic carbocycles. The Kier molecular flexibility index (Phi) is 3.58. The molecule has 0 saturated carbocycles. The number of pyridine rings is 1. The molecule has 1 aromatic heterocycles. The number of likely N-dealkylation sites (N-methyl/N-ethyl adjacent to an activating group) is 1. The second kappa shape index (κ2) is 5.14. The number of likely N-dealkylation sites (tertiary alicyclic amines) is 1. The Labute approximate surface area is 99.8 Å². The second-order valence-corrected chi connectivity index (χ2v) is 4.29. The Balaban J connectivity index is 2.13. The molecule has 1 fully saturated rings. The van der Waals surface area contributed by atoms with Crippen molar-refractivity contribution < 1.29 is 4.79 Å². The fraction of sp³-hybridized carbons (Fsp3) is 0.500. The van der Waals surface area contributed by atoms with Gasteiger partial charge in [-0.2, -0.15) is 0 Å². The number of nitrogens with one attached hydrogen (secondary N) is 2. The van der Waals surface area contributed by atoms with Crippen LogP contribution < -0.4 is 10.9 Å². The number of H-pyrrole nitrogens is 1. The van der Waals surface area contributed by atoms with Crippen LogP contribution in [0.15, 0.2) is 23.1 Å². The van der Waals surface area contributed by atoms with Crippen molar-refractivity contribution in [2.45, 2.75) is 18.9 Å². The highest BCUT2D eigenvalue weighted by Crippen LogP contribution is 2.18. The first-order valence-electron chi connectivity index (χ1n) is 5.86. The Morgan fingerprint density at radius 2 is 2.41 bits per heavy atom. The van der Waals surface area contributed by atoms with Gasteiger partial charge >= 0.3 is 0 Å². The van der Waals surface area contributed by atoms with Gasteiger partial charge in [0, 0.05) is 31.4 Å². The third-order valence-corrected chi connectivity index (χ3v) is 3.11. The van der Waals surface area contributed by atoms with Gasteiger partial charge in [-0.25, -0.2) is 0 Å². The van der Waals surface area contributed by atoms with Crippen LogP contribution in [-0.4, -0.2) is 42.0 Å². The molecule has 1 aromatic rings. The van der Waals surface area contributed by atoms with Crippen molar-refractivity contribution >= 4 is 5.91 Å². The Morgan fingerprint density at radius 3 is 3.06 bits per heavy atom. The van der Waals surface area contributed by atoms with E-state index in [1.54, 1.807) is 6.07 Å². The number of nitrogens with zero attached hydrogens (tertiary/aromatic N) is 1. The summed E-state index contributed by atoms with van der Waals surface area (Å²) in [5, 5.41) is 3.10. The van der Waals surface area contributed by atoms with Crippen molar-refractivity contribution in [3.8, 4) is 0 Å². The van der Waals surface area contributed by atoms with E-state index < -0.39 is 0 Å². The molecule has 0 spiro atoms. The van der Waals surface area contributed by atoms with Crippen LogP contribution in [0.25, 0.3) is 0 Å². The molecule has 2 rings (SSSR count). The number of carbonyl (C=O) groups excluding carboxylic acids is 1. The number of hydrogen-bond donors (Lipinski definition) is 2. The van der Waals surface area contributed by atoms with Crippen LogP contribution in [0.4, 0.5) is 0 Å². The van der Waals surface area contributed by atoms with Crippen LogP contribution >= 0.6 is 0 Å². The summed E-state index contributed by atoms with van der Waals surface area (Å²) < 4.78 is 0. The second-order valence-electron chi connectivity index (χ2n) is 4.29. The van der Waals surface area contributed by atoms with Gasteiger partial charge in [-0.05, 0) is 26.0 Å². The van der Waals surface area contributed by atoms with Gasteiger partial charge < -0.3 is 15.2 Å². The summed E-state index contributed by atoms with van der Waals surface area (Å²) in [6.45, 7) is 1.61. The van der Waals surface area contributed by atoms with Gasteiger partial charge in [0.05, 0.1) is 5.56 Å². The zero-order valence-electron chi connectivity index (χ0n) is 9.90. The molecule has 17 heavy (non-hydrogen) atoms. The first kappa shape index (κ1) is 11.9. The van der Waals surface area contributed by atoms with E-state index in [9.17, 15) is 9.59 Å². The van der Waals surface area contributed by atoms with Crippen molar-refractivity contribution in [2.75, 3.05) is 20.1 Å². The van der Waals surface area contributed by atoms with Gasteiger partial charge in [0.25, 0.3) is 5.91 Å². The molecule has 1 atom stereocenters. The lowest BCUT2D eigenvalue weighted by Crippen LogP contribution is -2.40. The summed E-state index contributed by atoms with van der Waals surface area (Å²) in [6, 6.07) is 3.23. The molecule has 1 aliphatic heterocycles. The van der Waals surface area contributed by atoms with E-state index in [0.29, 0.717) is 5.56 Å². The molecule has 1 amide bonds. The minimum Gasteiger partial charge on any atom is -0.334 e. The third-order valence-electron chi connectivity index (χ3n) is 3.11. The van der Waals surface area contributed by atoms with E-state index in [1.807, 2.05) is 11.9 Å². The predicted molar refractivity (Wildman–Crippen MR) is 65.0 cm³/mol. The Hall–Kier alpha value is -1.62. The molecule has 1 unspecified atom stereocenters. The van der Waals surface area contributed by atoms with Crippen LogP contribution in [0.3, 0.4) is 0 Å². The molecule has 2 N–H and O–H groups in total. The highest BCUT2D eigenvalue weighted by molar-refractivity contribution is 5.94. The maximum absolute atomic E-state index is 12.2. The van der Waals surface area contributed by atoms with Crippen molar-refractivity contribution in [1.29, 1.82) is 0 Å². The van der Waals surface area contributed by atoms with E-state index in [-0.39, 0.29) is 17.5 Å². The first-order valence-corrected chi connectivity index (χ1v) is 5.86. The fourth-order valence-corrected chi connectivity index (χ4v) is 2.26. The SMILES string of the molecule is CNCC1CCCN1C(=O)c1ccc(=O)[nH]c1. The molecule has 92 valence electrons. The number of rotatable bonds is 3. The maximum atomic E-state index is 12.2. The quantitative estimate of drug-likeness (QED) is 0.786. The predicted octanol–water partition coefficient (Wildman–Crippen LogP) is 0.199. The van der Waals surface area contributed by atoms with E-state index in [1.165, 1.54) is 12.3 Å². The standard InChI is InChI=1S/C12H17N3O2/c1-13-8-10-3-2-6-15(10)12(17)9-4-5-11(16)14-7-9/h4-5,7,10,13H,2-3,6,8H2,1H3,(H,14,16). The van der Waals surface area contributed by atoms with Gasteiger partial charge in [0.1, 0.15) is 0 Å². The highest BCUT2D eigenvalue weighted by Gasteiger charge is 2.28. The van der Waals surface area contributed by atoms with Crippen LogP contribution in [0.1, 0.15) is 23.2 Å². The molecule has 0 bridgehead atoms. The van der Waals surface area contributed by atoms with Crippen molar-refractivity contribution in [1.82, 2.24) is 15.2 Å². The van der Waals surface area contributed by atoms with Crippen LogP contribution in [-0.2, 0) is 0 Å². The van der Waals surface area contributed by atoms with Crippen LogP contribution in [0.2, 0.25) is 0 Å². The number of aromatic amines is 1. The third kappa shape index (κ3) is 2.55. The van der Waals surface area contributed by atoms with E-state index >= 15 is 0 Å². The van der Waals surface area contributed by atoms with Gasteiger partial charge in [-0.3, -0.25) is 9.59 Å². The number of hydrogen-bond acceptors (Lipinski definition) is 3. The fourth-order valence-electron chi connectivity index (χ4n) is 2.26. The number of carbonyl (C=O) groups is 1. The van der Waals surface area contributed by atoms with Crippen LogP contribution in [0.5, 0.6) is 0 Å². The molecule has 1 aliphatic rings. The van der Waals surface area contributed by atoms with E-state index in [2.05, 4.69) is 10.3 Å². The minimum atomic E-state index is -0.185. The van der Waals surface area contributed by atoms with E-state index in [4.69, 9.17) is 0 Å². The molecule has 0 radical (unpaired) electrons. The summed E-state index contributed by atoms with van der Waals surface area (Å²) in [7, 11) is 1.89. The topological polar surface area (TPSA) is 65.2 Å². The number of aromatic nitrogens is 1. The average molecular weight is 235 g/mol. The summed E-state index contributed by atoms with van der Waals surface area (Å²) in [4.78, 5) is 27.6. The minimum absolute atomic E-state index is 0.000926. The van der Waals surface area contributed by atoms with Crippen molar-refractivity contribution in [3.63, 3.8) is 0 Å². The van der Waals surface area contributed by atoms with Gasteiger partial charge in [-0.15, -0.1) is 0 Å². The smallest absolute Gasteiger partial charge is 0.255 e. The van der Waals surface area contributed by atoms with Gasteiger partial charge in [-0.1, -0.05) is 0 Å². The molecule has 2 heterocycles. The molecule has 1 saturated heterocycles. The first-order chi connectivity index (χ1) is 8.22. The van der Waals surface area contributed by atoms with Crippen LogP contribution in [0, 0.1) is 0 Å². The molecule has 0 aliphatic carbocycles. The van der Waals surface area contributed by atoms with Gasteiger partial charge in [0.15, 0.2) is 0 Å². The summed E-state index contributed by atoms with van der Waals surface area (Å²) in [5.74, 6) is -0.000926. The van der Waals surface area contributed by atoms with Gasteiger partial charge in [0.2, 0.25) is 5.56 Å². The van der Waals surface area contributed by atoms with Crippen molar-refractivity contribution in [3.05, 3.63) is 34.2 Å². The summed E-state index contributed by atoms with van der Waals surface area (Å²) in [6.07, 6.45) is 3.57. The summed E-state index contributed by atoms with van der Waals surface area (Å²) >= 11 is 0. The molecule has 5 heteroatoms. The normalized spacial score (nSPS) is 19.6. The van der Waals surface area contributed by atoms with E-state index in [0.717, 1.165) is 25.9 Å². The summed E-state index contributed by atoms with van der Waals surface area (Å²) in [5.41, 5.74) is 0.363. The zero-order valence-corrected chi connectivity index (χ0v) is 9.90. The average Bonchev–Trinajstić information content (AvgIpc) is 2.78. The molecular formula is C12H17N3O2. The largest absolute Gasteiger partial charge is 0.334 e. The monoisotopic (exact) mass is 235 g/mol. The lowest BCUT2D eigenvalue weighted by Gasteiger charge is -2.24. The number of amides is 1. The highest BCUT2D eigenvalue weighted by atomic mass is 16.2. The Morgan fingerprint density at radius 1 is 1.59 bits per heavy atom. The lowest BCUT2D eigenvalue weighted by molar-refractivity contribution is 0.0736. The maximum Gasteiger partial charge on any atom is 0.255 e. The molecular weight excluding hydrogens is 218 g/mol. The lowest BCUT2D eigenvalue weighted by atomic mass is 10.2. The molecule has 5 nitrogen and oxygen atoms in total. The Bertz CT molecular complexity index is 435.